The molecule has 0 saturated heterocycles. The molecular weight excluding hydrogens is 260 g/mol. The van der Waals surface area contributed by atoms with Crippen molar-refractivity contribution < 1.29 is 4.74 Å². The molecule has 0 aliphatic carbocycles. The van der Waals surface area contributed by atoms with Crippen LogP contribution in [0.25, 0.3) is 10.9 Å². The molecule has 0 unspecified atom stereocenters. The quantitative estimate of drug-likeness (QED) is 0.678. The van der Waals surface area contributed by atoms with Gasteiger partial charge in [0.05, 0.1) is 5.52 Å². The fourth-order valence-electron chi connectivity index (χ4n) is 1.83. The molecular formula is C15H11ClN2O. The zero-order valence-electron chi connectivity index (χ0n) is 10.1. The Hall–Kier alpha value is -2.13. The Labute approximate surface area is 115 Å². The zero-order chi connectivity index (χ0) is 13.1. The third-order valence-corrected chi connectivity index (χ3v) is 3.11. The summed E-state index contributed by atoms with van der Waals surface area (Å²) in [5, 5.41) is 1.24. The van der Waals surface area contributed by atoms with Crippen LogP contribution in [0.1, 0.15) is 5.56 Å². The monoisotopic (exact) mass is 270 g/mol. The fraction of sp³-hybridized carbons (Fsp3) is 0.0667. The molecule has 3 aromatic rings. The number of ether oxygens (including phenoxy) is 1. The number of benzene rings is 2. The van der Waals surface area contributed by atoms with Crippen LogP contribution < -0.4 is 4.74 Å². The van der Waals surface area contributed by atoms with E-state index in [2.05, 4.69) is 9.97 Å². The van der Waals surface area contributed by atoms with Gasteiger partial charge in [-0.05, 0) is 23.8 Å². The number of aromatic nitrogens is 2. The normalized spacial score (nSPS) is 10.6. The summed E-state index contributed by atoms with van der Waals surface area (Å²) in [5.41, 5.74) is 1.94. The molecule has 0 N–H and O–H groups in total. The van der Waals surface area contributed by atoms with Crippen molar-refractivity contribution in [1.29, 1.82) is 0 Å². The van der Waals surface area contributed by atoms with Gasteiger partial charge in [-0.2, -0.15) is 0 Å². The van der Waals surface area contributed by atoms with Gasteiger partial charge < -0.3 is 4.74 Å². The molecule has 1 heterocycles. The summed E-state index contributed by atoms with van der Waals surface area (Å²) in [6.07, 6.45) is 1.45. The van der Waals surface area contributed by atoms with Gasteiger partial charge in [-0.15, -0.1) is 0 Å². The molecule has 0 saturated carbocycles. The van der Waals surface area contributed by atoms with Gasteiger partial charge in [-0.1, -0.05) is 41.9 Å². The fourth-order valence-corrected chi connectivity index (χ4v) is 2.03. The van der Waals surface area contributed by atoms with Gasteiger partial charge in [0.2, 0.25) is 0 Å². The van der Waals surface area contributed by atoms with Gasteiger partial charge in [-0.3, -0.25) is 0 Å². The van der Waals surface area contributed by atoms with Crippen LogP contribution in [-0.2, 0) is 6.61 Å². The van der Waals surface area contributed by atoms with E-state index in [4.69, 9.17) is 16.3 Å². The van der Waals surface area contributed by atoms with E-state index >= 15 is 0 Å². The van der Waals surface area contributed by atoms with Gasteiger partial charge in [0.15, 0.2) is 0 Å². The molecule has 0 spiro atoms. The van der Waals surface area contributed by atoms with Crippen LogP contribution in [0.3, 0.4) is 0 Å². The van der Waals surface area contributed by atoms with Crippen LogP contribution in [0, 0.1) is 0 Å². The molecule has 1 aromatic heterocycles. The maximum Gasteiger partial charge on any atom is 0.140 e. The first-order valence-electron chi connectivity index (χ1n) is 5.90. The van der Waals surface area contributed by atoms with Crippen LogP contribution in [-0.4, -0.2) is 9.97 Å². The Balaban J connectivity index is 1.84. The Bertz CT molecular complexity index is 701. The lowest BCUT2D eigenvalue weighted by molar-refractivity contribution is 0.306. The van der Waals surface area contributed by atoms with Gasteiger partial charge >= 0.3 is 0 Å². The summed E-state index contributed by atoms with van der Waals surface area (Å²) in [6, 6.07) is 15.6. The first-order chi connectivity index (χ1) is 9.33. The molecule has 3 rings (SSSR count). The van der Waals surface area contributed by atoms with E-state index < -0.39 is 0 Å². The molecule has 3 nitrogen and oxygen atoms in total. The molecule has 0 amide bonds. The highest BCUT2D eigenvalue weighted by atomic mass is 35.5. The second-order valence-electron chi connectivity index (χ2n) is 4.12. The van der Waals surface area contributed by atoms with E-state index in [-0.39, 0.29) is 0 Å². The van der Waals surface area contributed by atoms with Gasteiger partial charge in [0, 0.05) is 5.39 Å². The van der Waals surface area contributed by atoms with Crippen molar-refractivity contribution in [1.82, 2.24) is 9.97 Å². The Morgan fingerprint density at radius 2 is 1.84 bits per heavy atom. The van der Waals surface area contributed by atoms with Crippen molar-refractivity contribution in [2.24, 2.45) is 0 Å². The van der Waals surface area contributed by atoms with Crippen LogP contribution in [0.5, 0.6) is 5.75 Å². The van der Waals surface area contributed by atoms with Gasteiger partial charge in [0.1, 0.15) is 23.8 Å². The topological polar surface area (TPSA) is 35.0 Å². The van der Waals surface area contributed by atoms with E-state index in [9.17, 15) is 0 Å². The second kappa shape index (κ2) is 5.24. The van der Waals surface area contributed by atoms with E-state index in [1.807, 2.05) is 48.5 Å². The Morgan fingerprint density at radius 3 is 2.68 bits per heavy atom. The third-order valence-electron chi connectivity index (χ3n) is 2.81. The third kappa shape index (κ3) is 2.66. The van der Waals surface area contributed by atoms with Crippen molar-refractivity contribution in [3.63, 3.8) is 0 Å². The van der Waals surface area contributed by atoms with E-state index in [1.54, 1.807) is 0 Å². The second-order valence-corrected chi connectivity index (χ2v) is 4.48. The SMILES string of the molecule is Clc1ncnc2ccc(OCc3ccccc3)cc12. The average molecular weight is 271 g/mol. The van der Waals surface area contributed by atoms with Gasteiger partial charge in [-0.25, -0.2) is 9.97 Å². The predicted molar refractivity (Wildman–Crippen MR) is 75.3 cm³/mol. The van der Waals surface area contributed by atoms with E-state index in [1.165, 1.54) is 6.33 Å². The minimum atomic E-state index is 0.440. The molecule has 94 valence electrons. The number of hydrogen-bond donors (Lipinski definition) is 0. The maximum absolute atomic E-state index is 6.04. The Kier molecular flexibility index (Phi) is 3.29. The highest BCUT2D eigenvalue weighted by molar-refractivity contribution is 6.34. The first kappa shape index (κ1) is 11.9. The molecule has 0 aliphatic rings. The molecule has 19 heavy (non-hydrogen) atoms. The minimum Gasteiger partial charge on any atom is -0.489 e. The zero-order valence-corrected chi connectivity index (χ0v) is 10.8. The highest BCUT2D eigenvalue weighted by Crippen LogP contribution is 2.24. The lowest BCUT2D eigenvalue weighted by Gasteiger charge is -2.07. The minimum absolute atomic E-state index is 0.440. The van der Waals surface area contributed by atoms with Crippen LogP contribution in [0.4, 0.5) is 0 Å². The summed E-state index contributed by atoms with van der Waals surface area (Å²) in [7, 11) is 0. The van der Waals surface area contributed by atoms with E-state index in [0.29, 0.717) is 11.8 Å². The first-order valence-corrected chi connectivity index (χ1v) is 6.28. The lowest BCUT2D eigenvalue weighted by Crippen LogP contribution is -1.95. The van der Waals surface area contributed by atoms with E-state index in [0.717, 1.165) is 22.2 Å². The smallest absolute Gasteiger partial charge is 0.140 e. The lowest BCUT2D eigenvalue weighted by atomic mass is 10.2. The molecule has 0 aliphatic heterocycles. The molecule has 4 heteroatoms. The number of hydrogen-bond acceptors (Lipinski definition) is 3. The number of rotatable bonds is 3. The Morgan fingerprint density at radius 1 is 1.00 bits per heavy atom. The van der Waals surface area contributed by atoms with Crippen molar-refractivity contribution in [2.45, 2.75) is 6.61 Å². The summed E-state index contributed by atoms with van der Waals surface area (Å²) >= 11 is 6.04. The van der Waals surface area contributed by atoms with Crippen molar-refractivity contribution in [2.75, 3.05) is 0 Å². The molecule has 0 fully saturated rings. The largest absolute Gasteiger partial charge is 0.489 e. The summed E-state index contributed by atoms with van der Waals surface area (Å²) < 4.78 is 5.74. The summed E-state index contributed by atoms with van der Waals surface area (Å²) in [4.78, 5) is 8.12. The molecule has 2 aromatic carbocycles. The van der Waals surface area contributed by atoms with Gasteiger partial charge in [0.25, 0.3) is 0 Å². The van der Waals surface area contributed by atoms with Crippen molar-refractivity contribution in [3.05, 3.63) is 65.6 Å². The number of halogens is 1. The average Bonchev–Trinajstić information content (AvgIpc) is 2.47. The molecule has 0 bridgehead atoms. The molecule has 0 atom stereocenters. The van der Waals surface area contributed by atoms with Crippen molar-refractivity contribution in [3.8, 4) is 5.75 Å². The summed E-state index contributed by atoms with van der Waals surface area (Å²) in [5.74, 6) is 0.757. The van der Waals surface area contributed by atoms with Crippen LogP contribution in [0.15, 0.2) is 54.9 Å². The highest BCUT2D eigenvalue weighted by Gasteiger charge is 2.03. The molecule has 0 radical (unpaired) electrons. The number of fused-ring (bicyclic) bond motifs is 1. The van der Waals surface area contributed by atoms with Crippen LogP contribution >= 0.6 is 11.6 Å². The summed E-state index contributed by atoms with van der Waals surface area (Å²) in [6.45, 7) is 0.525. The number of nitrogens with zero attached hydrogens (tertiary/aromatic N) is 2. The van der Waals surface area contributed by atoms with Crippen LogP contribution in [0.2, 0.25) is 5.15 Å². The van der Waals surface area contributed by atoms with Crippen molar-refractivity contribution >= 4 is 22.5 Å². The predicted octanol–water partition coefficient (Wildman–Crippen LogP) is 3.86. The maximum atomic E-state index is 6.04. The standard InChI is InChI=1S/C15H11ClN2O/c16-15-13-8-12(6-7-14(13)17-10-18-15)19-9-11-4-2-1-3-5-11/h1-8,10H,9H2.